The Morgan fingerprint density at radius 2 is 2.13 bits per heavy atom. The predicted octanol–water partition coefficient (Wildman–Crippen LogP) is 1.53. The molecular formula is C12H16O3. The van der Waals surface area contributed by atoms with E-state index in [2.05, 4.69) is 4.74 Å². The highest BCUT2D eigenvalue weighted by molar-refractivity contribution is 5.72. The van der Waals surface area contributed by atoms with E-state index < -0.39 is 0 Å². The maximum absolute atomic E-state index is 11.2. The van der Waals surface area contributed by atoms with Gasteiger partial charge in [0.15, 0.2) is 0 Å². The molecule has 3 nitrogen and oxygen atoms in total. The quantitative estimate of drug-likeness (QED) is 0.763. The van der Waals surface area contributed by atoms with Crippen molar-refractivity contribution in [2.75, 3.05) is 7.11 Å². The molecule has 82 valence electrons. The number of carbonyl (C=O) groups is 1. The Labute approximate surface area is 89.7 Å². The fraction of sp³-hybridized carbons (Fsp3) is 0.417. The van der Waals surface area contributed by atoms with Crippen molar-refractivity contribution in [1.29, 1.82) is 0 Å². The second-order valence-electron chi connectivity index (χ2n) is 3.61. The molecule has 15 heavy (non-hydrogen) atoms. The predicted molar refractivity (Wildman–Crippen MR) is 57.2 cm³/mol. The number of rotatable bonds is 4. The summed E-state index contributed by atoms with van der Waals surface area (Å²) < 4.78 is 4.65. The highest BCUT2D eigenvalue weighted by Gasteiger charge is 2.13. The van der Waals surface area contributed by atoms with Gasteiger partial charge in [-0.15, -0.1) is 0 Å². The van der Waals surface area contributed by atoms with E-state index in [1.54, 1.807) is 0 Å². The van der Waals surface area contributed by atoms with Gasteiger partial charge in [-0.05, 0) is 17.5 Å². The standard InChI is InChI=1S/C12H16O3/c1-9(12(14)15-2)6-10-4-3-5-11(7-10)8-13/h3-5,7,9,13H,6,8H2,1-2H3. The van der Waals surface area contributed by atoms with Crippen molar-refractivity contribution in [3.8, 4) is 0 Å². The topological polar surface area (TPSA) is 46.5 Å². The molecular weight excluding hydrogens is 192 g/mol. The summed E-state index contributed by atoms with van der Waals surface area (Å²) in [4.78, 5) is 11.2. The minimum Gasteiger partial charge on any atom is -0.469 e. The summed E-state index contributed by atoms with van der Waals surface area (Å²) in [6, 6.07) is 7.58. The van der Waals surface area contributed by atoms with Crippen LogP contribution >= 0.6 is 0 Å². The zero-order chi connectivity index (χ0) is 11.3. The van der Waals surface area contributed by atoms with Crippen molar-refractivity contribution in [3.63, 3.8) is 0 Å². The Bertz CT molecular complexity index is 333. The van der Waals surface area contributed by atoms with Gasteiger partial charge in [0.25, 0.3) is 0 Å². The first-order valence-electron chi connectivity index (χ1n) is 4.94. The first-order valence-corrected chi connectivity index (χ1v) is 4.94. The average Bonchev–Trinajstić information content (AvgIpc) is 2.28. The van der Waals surface area contributed by atoms with Crippen LogP contribution in [0.2, 0.25) is 0 Å². The number of hydrogen-bond acceptors (Lipinski definition) is 3. The molecule has 0 bridgehead atoms. The van der Waals surface area contributed by atoms with Gasteiger partial charge in [-0.2, -0.15) is 0 Å². The Morgan fingerprint density at radius 1 is 1.47 bits per heavy atom. The monoisotopic (exact) mass is 208 g/mol. The molecule has 0 fully saturated rings. The summed E-state index contributed by atoms with van der Waals surface area (Å²) in [5, 5.41) is 8.96. The van der Waals surface area contributed by atoms with Crippen LogP contribution < -0.4 is 0 Å². The first-order chi connectivity index (χ1) is 7.17. The zero-order valence-corrected chi connectivity index (χ0v) is 9.06. The molecule has 0 aliphatic carbocycles. The normalized spacial score (nSPS) is 12.2. The van der Waals surface area contributed by atoms with E-state index in [1.807, 2.05) is 31.2 Å². The van der Waals surface area contributed by atoms with Gasteiger partial charge in [-0.25, -0.2) is 0 Å². The van der Waals surface area contributed by atoms with E-state index in [1.165, 1.54) is 7.11 Å². The van der Waals surface area contributed by atoms with Crippen LogP contribution in [0.5, 0.6) is 0 Å². The van der Waals surface area contributed by atoms with Gasteiger partial charge < -0.3 is 9.84 Å². The zero-order valence-electron chi connectivity index (χ0n) is 9.06. The van der Waals surface area contributed by atoms with Crippen LogP contribution in [0.15, 0.2) is 24.3 Å². The molecule has 0 aromatic heterocycles. The summed E-state index contributed by atoms with van der Waals surface area (Å²) in [6.07, 6.45) is 0.639. The number of aliphatic hydroxyl groups is 1. The highest BCUT2D eigenvalue weighted by atomic mass is 16.5. The van der Waals surface area contributed by atoms with E-state index in [9.17, 15) is 4.79 Å². The number of ether oxygens (including phenoxy) is 1. The smallest absolute Gasteiger partial charge is 0.308 e. The van der Waals surface area contributed by atoms with Gasteiger partial charge in [0.2, 0.25) is 0 Å². The van der Waals surface area contributed by atoms with Crippen LogP contribution in [-0.2, 0) is 22.6 Å². The van der Waals surface area contributed by atoms with E-state index in [4.69, 9.17) is 5.11 Å². The summed E-state index contributed by atoms with van der Waals surface area (Å²) in [7, 11) is 1.39. The number of methoxy groups -OCH3 is 1. The molecule has 1 unspecified atom stereocenters. The fourth-order valence-electron chi connectivity index (χ4n) is 1.49. The molecule has 0 saturated heterocycles. The average molecular weight is 208 g/mol. The van der Waals surface area contributed by atoms with E-state index in [0.717, 1.165) is 11.1 Å². The maximum atomic E-state index is 11.2. The molecule has 1 N–H and O–H groups in total. The number of carbonyl (C=O) groups excluding carboxylic acids is 1. The molecule has 1 atom stereocenters. The lowest BCUT2D eigenvalue weighted by molar-refractivity contribution is -0.144. The maximum Gasteiger partial charge on any atom is 0.308 e. The largest absolute Gasteiger partial charge is 0.469 e. The lowest BCUT2D eigenvalue weighted by atomic mass is 10.00. The third kappa shape index (κ3) is 3.36. The summed E-state index contributed by atoms with van der Waals surface area (Å²) in [5.41, 5.74) is 1.91. The Balaban J connectivity index is 2.67. The number of benzene rings is 1. The first kappa shape index (κ1) is 11.7. The summed E-state index contributed by atoms with van der Waals surface area (Å²) >= 11 is 0. The van der Waals surface area contributed by atoms with Crippen molar-refractivity contribution in [2.24, 2.45) is 5.92 Å². The van der Waals surface area contributed by atoms with Crippen LogP contribution in [0.3, 0.4) is 0 Å². The van der Waals surface area contributed by atoms with Gasteiger partial charge in [0, 0.05) is 0 Å². The molecule has 3 heteroatoms. The Kier molecular flexibility index (Phi) is 4.31. The minimum atomic E-state index is -0.204. The van der Waals surface area contributed by atoms with E-state index in [-0.39, 0.29) is 18.5 Å². The van der Waals surface area contributed by atoms with Crippen molar-refractivity contribution in [1.82, 2.24) is 0 Å². The van der Waals surface area contributed by atoms with Gasteiger partial charge >= 0.3 is 5.97 Å². The number of hydrogen-bond donors (Lipinski definition) is 1. The number of aliphatic hydroxyl groups excluding tert-OH is 1. The third-order valence-electron chi connectivity index (χ3n) is 2.32. The summed E-state index contributed by atoms with van der Waals surface area (Å²) in [5.74, 6) is -0.353. The molecule has 0 radical (unpaired) electrons. The van der Waals surface area contributed by atoms with Crippen molar-refractivity contribution in [2.45, 2.75) is 20.0 Å². The van der Waals surface area contributed by atoms with Crippen LogP contribution in [0.1, 0.15) is 18.1 Å². The molecule has 0 saturated carbocycles. The van der Waals surface area contributed by atoms with Crippen LogP contribution in [-0.4, -0.2) is 18.2 Å². The molecule has 0 spiro atoms. The van der Waals surface area contributed by atoms with Gasteiger partial charge in [-0.3, -0.25) is 4.79 Å². The van der Waals surface area contributed by atoms with Crippen molar-refractivity contribution < 1.29 is 14.6 Å². The van der Waals surface area contributed by atoms with Gasteiger partial charge in [0.1, 0.15) is 0 Å². The molecule has 0 heterocycles. The lowest BCUT2D eigenvalue weighted by Gasteiger charge is -2.09. The SMILES string of the molecule is COC(=O)C(C)Cc1cccc(CO)c1. The van der Waals surface area contributed by atoms with Gasteiger partial charge in [-0.1, -0.05) is 31.2 Å². The van der Waals surface area contributed by atoms with Crippen LogP contribution in [0.25, 0.3) is 0 Å². The molecule has 1 rings (SSSR count). The molecule has 1 aromatic carbocycles. The van der Waals surface area contributed by atoms with Gasteiger partial charge in [0.05, 0.1) is 19.6 Å². The molecule has 0 aliphatic heterocycles. The van der Waals surface area contributed by atoms with Crippen molar-refractivity contribution in [3.05, 3.63) is 35.4 Å². The second kappa shape index (κ2) is 5.51. The number of esters is 1. The summed E-state index contributed by atoms with van der Waals surface area (Å²) in [6.45, 7) is 1.86. The van der Waals surface area contributed by atoms with E-state index in [0.29, 0.717) is 6.42 Å². The minimum absolute atomic E-state index is 0.0282. The highest BCUT2D eigenvalue weighted by Crippen LogP contribution is 2.12. The van der Waals surface area contributed by atoms with Crippen LogP contribution in [0.4, 0.5) is 0 Å². The Morgan fingerprint density at radius 3 is 2.73 bits per heavy atom. The fourth-order valence-corrected chi connectivity index (χ4v) is 1.49. The molecule has 0 aliphatic rings. The van der Waals surface area contributed by atoms with Crippen molar-refractivity contribution >= 4 is 5.97 Å². The second-order valence-corrected chi connectivity index (χ2v) is 3.61. The molecule has 0 amide bonds. The lowest BCUT2D eigenvalue weighted by Crippen LogP contribution is -2.15. The molecule has 1 aromatic rings. The Hall–Kier alpha value is -1.35. The van der Waals surface area contributed by atoms with E-state index >= 15 is 0 Å². The van der Waals surface area contributed by atoms with Crippen LogP contribution in [0, 0.1) is 5.92 Å². The third-order valence-corrected chi connectivity index (χ3v) is 2.32.